The van der Waals surface area contributed by atoms with E-state index in [0.29, 0.717) is 36.1 Å². The summed E-state index contributed by atoms with van der Waals surface area (Å²) in [5.41, 5.74) is 6.21. The Balaban J connectivity index is 2.06. The molecule has 0 radical (unpaired) electrons. The smallest absolute Gasteiger partial charge is 0.251 e. The van der Waals surface area contributed by atoms with Crippen molar-refractivity contribution in [2.45, 2.75) is 51.5 Å². The van der Waals surface area contributed by atoms with E-state index in [9.17, 15) is 4.79 Å². The minimum Gasteiger partial charge on any atom is -0.493 e. The molecular weight excluding hydrogens is 304 g/mol. The summed E-state index contributed by atoms with van der Waals surface area (Å²) in [7, 11) is 1.59. The van der Waals surface area contributed by atoms with Crippen molar-refractivity contribution in [3.63, 3.8) is 0 Å². The molecule has 5 nitrogen and oxygen atoms in total. The van der Waals surface area contributed by atoms with E-state index in [1.165, 1.54) is 0 Å². The molecule has 0 saturated heterocycles. The third kappa shape index (κ3) is 4.63. The Morgan fingerprint density at radius 2 is 2.00 bits per heavy atom. The van der Waals surface area contributed by atoms with E-state index in [2.05, 4.69) is 19.2 Å². The first-order chi connectivity index (χ1) is 11.5. The topological polar surface area (TPSA) is 73.6 Å². The van der Waals surface area contributed by atoms with Gasteiger partial charge in [0.05, 0.1) is 19.3 Å². The van der Waals surface area contributed by atoms with Crippen LogP contribution in [0.3, 0.4) is 0 Å². The summed E-state index contributed by atoms with van der Waals surface area (Å²) in [6.07, 6.45) is 5.10. The molecular formula is C19H30N2O3. The molecule has 1 aliphatic rings. The SMILES string of the molecule is COc1cc(C(=O)NC2(CN)CCCC2)ccc1OCCC(C)C. The number of amides is 1. The molecule has 1 fully saturated rings. The molecule has 0 heterocycles. The third-order valence-electron chi connectivity index (χ3n) is 4.71. The van der Waals surface area contributed by atoms with Gasteiger partial charge in [0.1, 0.15) is 0 Å². The number of hydrogen-bond acceptors (Lipinski definition) is 4. The lowest BCUT2D eigenvalue weighted by molar-refractivity contribution is 0.0902. The van der Waals surface area contributed by atoms with Crippen LogP contribution in [0.25, 0.3) is 0 Å². The summed E-state index contributed by atoms with van der Waals surface area (Å²) in [4.78, 5) is 12.6. The molecule has 2 rings (SSSR count). The lowest BCUT2D eigenvalue weighted by atomic mass is 9.97. The Kier molecular flexibility index (Phi) is 6.49. The fraction of sp³-hybridized carbons (Fsp3) is 0.632. The number of ether oxygens (including phenoxy) is 2. The predicted molar refractivity (Wildman–Crippen MR) is 95.7 cm³/mol. The summed E-state index contributed by atoms with van der Waals surface area (Å²) in [5, 5.41) is 3.13. The average Bonchev–Trinajstić information content (AvgIpc) is 3.03. The van der Waals surface area contributed by atoms with E-state index < -0.39 is 0 Å². The van der Waals surface area contributed by atoms with Gasteiger partial charge in [0.25, 0.3) is 5.91 Å². The van der Waals surface area contributed by atoms with Crippen LogP contribution in [-0.4, -0.2) is 31.7 Å². The molecule has 0 aromatic heterocycles. The number of carbonyl (C=O) groups is 1. The van der Waals surface area contributed by atoms with Crippen LogP contribution in [0.1, 0.15) is 56.3 Å². The molecule has 1 aliphatic carbocycles. The van der Waals surface area contributed by atoms with Crippen LogP contribution in [0.15, 0.2) is 18.2 Å². The van der Waals surface area contributed by atoms with Gasteiger partial charge in [-0.25, -0.2) is 0 Å². The molecule has 0 atom stereocenters. The van der Waals surface area contributed by atoms with E-state index in [4.69, 9.17) is 15.2 Å². The number of hydrogen-bond donors (Lipinski definition) is 2. The fourth-order valence-corrected chi connectivity index (χ4v) is 3.08. The van der Waals surface area contributed by atoms with Crippen molar-refractivity contribution in [2.75, 3.05) is 20.3 Å². The van der Waals surface area contributed by atoms with Crippen molar-refractivity contribution in [3.05, 3.63) is 23.8 Å². The normalized spacial score (nSPS) is 16.2. The molecule has 1 amide bonds. The maximum Gasteiger partial charge on any atom is 0.251 e. The lowest BCUT2D eigenvalue weighted by Gasteiger charge is -2.28. The minimum atomic E-state index is -0.253. The summed E-state index contributed by atoms with van der Waals surface area (Å²) in [6, 6.07) is 5.32. The van der Waals surface area contributed by atoms with Gasteiger partial charge in [-0.1, -0.05) is 26.7 Å². The zero-order chi connectivity index (χ0) is 17.6. The Morgan fingerprint density at radius 3 is 2.58 bits per heavy atom. The van der Waals surface area contributed by atoms with Gasteiger partial charge < -0.3 is 20.5 Å². The highest BCUT2D eigenvalue weighted by Gasteiger charge is 2.34. The van der Waals surface area contributed by atoms with Gasteiger partial charge in [0, 0.05) is 12.1 Å². The van der Waals surface area contributed by atoms with Crippen molar-refractivity contribution in [3.8, 4) is 11.5 Å². The average molecular weight is 334 g/mol. The molecule has 1 aromatic carbocycles. The number of methoxy groups -OCH3 is 1. The molecule has 0 bridgehead atoms. The number of nitrogens with one attached hydrogen (secondary N) is 1. The van der Waals surface area contributed by atoms with Crippen LogP contribution in [0.4, 0.5) is 0 Å². The quantitative estimate of drug-likeness (QED) is 0.766. The summed E-state index contributed by atoms with van der Waals surface area (Å²) in [6.45, 7) is 5.43. The number of benzene rings is 1. The van der Waals surface area contributed by atoms with E-state index in [1.54, 1.807) is 25.3 Å². The van der Waals surface area contributed by atoms with E-state index in [-0.39, 0.29) is 11.4 Å². The highest BCUT2D eigenvalue weighted by atomic mass is 16.5. The van der Waals surface area contributed by atoms with E-state index in [1.807, 2.05) is 0 Å². The summed E-state index contributed by atoms with van der Waals surface area (Å²) < 4.78 is 11.2. The van der Waals surface area contributed by atoms with Crippen LogP contribution in [0.5, 0.6) is 11.5 Å². The minimum absolute atomic E-state index is 0.102. The highest BCUT2D eigenvalue weighted by Crippen LogP contribution is 2.31. The summed E-state index contributed by atoms with van der Waals surface area (Å²) in [5.74, 6) is 1.73. The predicted octanol–water partition coefficient (Wildman–Crippen LogP) is 3.12. The fourth-order valence-electron chi connectivity index (χ4n) is 3.08. The Bertz CT molecular complexity index is 552. The molecule has 0 spiro atoms. The molecule has 24 heavy (non-hydrogen) atoms. The standard InChI is InChI=1S/C19H30N2O3/c1-14(2)8-11-24-16-7-6-15(12-17(16)23-3)18(22)21-19(13-20)9-4-5-10-19/h6-7,12,14H,4-5,8-11,13,20H2,1-3H3,(H,21,22). The molecule has 3 N–H and O–H groups in total. The molecule has 1 saturated carbocycles. The second kappa shape index (κ2) is 8.38. The van der Waals surface area contributed by atoms with Crippen LogP contribution in [0, 0.1) is 5.92 Å². The first kappa shape index (κ1) is 18.6. The zero-order valence-corrected chi connectivity index (χ0v) is 15.1. The van der Waals surface area contributed by atoms with Crippen molar-refractivity contribution < 1.29 is 14.3 Å². The second-order valence-corrected chi connectivity index (χ2v) is 7.04. The monoisotopic (exact) mass is 334 g/mol. The van der Waals surface area contributed by atoms with Gasteiger partial charge in [-0.05, 0) is 43.4 Å². The first-order valence-corrected chi connectivity index (χ1v) is 8.83. The number of carbonyl (C=O) groups excluding carboxylic acids is 1. The Morgan fingerprint density at radius 1 is 1.29 bits per heavy atom. The molecule has 134 valence electrons. The molecule has 0 unspecified atom stereocenters. The van der Waals surface area contributed by atoms with Crippen molar-refractivity contribution in [2.24, 2.45) is 11.7 Å². The number of rotatable bonds is 8. The van der Waals surface area contributed by atoms with Gasteiger partial charge in [-0.15, -0.1) is 0 Å². The maximum atomic E-state index is 12.6. The molecule has 0 aliphatic heterocycles. The van der Waals surface area contributed by atoms with Gasteiger partial charge >= 0.3 is 0 Å². The van der Waals surface area contributed by atoms with Gasteiger partial charge in [0.15, 0.2) is 11.5 Å². The lowest BCUT2D eigenvalue weighted by Crippen LogP contribution is -2.51. The number of nitrogens with two attached hydrogens (primary N) is 1. The third-order valence-corrected chi connectivity index (χ3v) is 4.71. The van der Waals surface area contributed by atoms with Gasteiger partial charge in [-0.3, -0.25) is 4.79 Å². The van der Waals surface area contributed by atoms with Gasteiger partial charge in [0.2, 0.25) is 0 Å². The van der Waals surface area contributed by atoms with Crippen molar-refractivity contribution in [1.29, 1.82) is 0 Å². The van der Waals surface area contributed by atoms with Crippen molar-refractivity contribution >= 4 is 5.91 Å². The van der Waals surface area contributed by atoms with E-state index >= 15 is 0 Å². The molecule has 5 heteroatoms. The largest absolute Gasteiger partial charge is 0.493 e. The Labute approximate surface area is 144 Å². The molecule has 1 aromatic rings. The van der Waals surface area contributed by atoms with Crippen LogP contribution < -0.4 is 20.5 Å². The van der Waals surface area contributed by atoms with Crippen LogP contribution >= 0.6 is 0 Å². The van der Waals surface area contributed by atoms with Crippen LogP contribution in [0.2, 0.25) is 0 Å². The maximum absolute atomic E-state index is 12.6. The highest BCUT2D eigenvalue weighted by molar-refractivity contribution is 5.95. The van der Waals surface area contributed by atoms with E-state index in [0.717, 1.165) is 32.1 Å². The van der Waals surface area contributed by atoms with Gasteiger partial charge in [-0.2, -0.15) is 0 Å². The Hall–Kier alpha value is -1.75. The second-order valence-electron chi connectivity index (χ2n) is 7.04. The van der Waals surface area contributed by atoms with Crippen molar-refractivity contribution in [1.82, 2.24) is 5.32 Å². The van der Waals surface area contributed by atoms with Crippen LogP contribution in [-0.2, 0) is 0 Å². The zero-order valence-electron chi connectivity index (χ0n) is 15.1. The summed E-state index contributed by atoms with van der Waals surface area (Å²) >= 11 is 0. The first-order valence-electron chi connectivity index (χ1n) is 8.83.